The average Bonchev–Trinajstić information content (AvgIpc) is 1.05. The van der Waals surface area contributed by atoms with E-state index < -0.39 is 209 Å². The van der Waals surface area contributed by atoms with Gasteiger partial charge in [-0.3, -0.25) is 76.7 Å². The quantitative estimate of drug-likeness (QED) is 0.0144. The smallest absolute Gasteiger partial charge is 0.293 e. The van der Waals surface area contributed by atoms with Crippen LogP contribution >= 0.6 is 11.6 Å². The maximum absolute atomic E-state index is 13.9. The fourth-order valence-electron chi connectivity index (χ4n) is 20.1. The van der Waals surface area contributed by atoms with Crippen molar-refractivity contribution >= 4 is 128 Å². The molecule has 4 aromatic carbocycles. The lowest BCUT2D eigenvalue weighted by Crippen LogP contribution is -2.69. The van der Waals surface area contributed by atoms with Crippen LogP contribution in [0, 0.1) is 84.2 Å². The highest BCUT2D eigenvalue weighted by atomic mass is 35.5. The van der Waals surface area contributed by atoms with Gasteiger partial charge >= 0.3 is 0 Å². The van der Waals surface area contributed by atoms with Crippen LogP contribution in [0.4, 0.5) is 71.0 Å². The Hall–Kier alpha value is -14.5. The third-order valence-corrected chi connectivity index (χ3v) is 27.4. The van der Waals surface area contributed by atoms with E-state index in [0.717, 1.165) is 23.3 Å². The van der Waals surface area contributed by atoms with Crippen LogP contribution in [-0.2, 0) is 90.2 Å². The molecule has 11 amide bonds. The number of Topliss-reactive ketones (excluding diaryl/α,β-unsaturated/α-hetero) is 5. The fourth-order valence-corrected chi connectivity index (χ4v) is 20.3. The molecule has 0 saturated heterocycles. The van der Waals surface area contributed by atoms with Gasteiger partial charge in [0.05, 0.1) is 33.9 Å². The summed E-state index contributed by atoms with van der Waals surface area (Å²) in [5.74, 6) is -28.7. The number of rotatable bonds is 25. The number of benzene rings is 4. The van der Waals surface area contributed by atoms with E-state index in [1.165, 1.54) is 61.0 Å². The molecule has 4 aliphatic heterocycles. The summed E-state index contributed by atoms with van der Waals surface area (Å²) in [4.78, 5) is 206. The number of ketones is 5. The molecular formula is C98H100ClF11N16O16. The van der Waals surface area contributed by atoms with Gasteiger partial charge in [0.2, 0.25) is 17.7 Å². The van der Waals surface area contributed by atoms with Crippen LogP contribution in [0.2, 0.25) is 5.02 Å². The maximum Gasteiger partial charge on any atom is 0.293 e. The van der Waals surface area contributed by atoms with E-state index in [-0.39, 0.29) is 85.1 Å². The van der Waals surface area contributed by atoms with Crippen LogP contribution in [0.3, 0.4) is 0 Å². The summed E-state index contributed by atoms with van der Waals surface area (Å²) in [5, 5.41) is 36.0. The zero-order chi connectivity index (χ0) is 104. The standard InChI is InChI=1S/C25H26ClF2N3O4.C25H25F2N5O4.C24H24F4N4O4.C24H25F3N4O4/c1-4-18(32)24(11-25(27,28)12-24)30-23(35)21(33)19-14(3)20(31-9-5-6-17(19)31)22(34)29-15-8-7-13(2)16(26)10-15;1-13-6-7-16(9-15(13)10-28)30-21(34)19-14(2)18(17-5-4-8-32(17)19)20(33)22(35)31-24(23(36)29-3)11-25(26,27)12-24;1-11-14(25)7-13(8-15(11)26)30-20(34)18-12(2)17(16-5-4-6-32(16)18)19(33)21(35)31-23(22(36)29-3)9-24(27,28)10-23;1-12-6-7-14(9-15(12)25)29-20(33)18-13(2)17(16-5-4-8-31(16)18)19(32)21(34)30-23(22(35)28-3)10-24(26,27)11-23/h7-8,10H,4-6,9,11-12H2,1-3H3,(H,29,34)(H,30,35);6-7,9H,4-5,8,11-12H2,1-3H3,(H,29,36)(H,30,34)(H,31,35);7-8H,4-6,9-10H2,1-3H3,(H,29,36)(H,30,34)(H,31,35);6-7,9H,4-5,8,10-11H2,1-3H3,(H,28,35)(H,29,33)(H,30,34). The van der Waals surface area contributed by atoms with E-state index in [0.29, 0.717) is 133 Å². The first-order valence-corrected chi connectivity index (χ1v) is 45.7. The molecule has 0 radical (unpaired) electrons. The van der Waals surface area contributed by atoms with Crippen molar-refractivity contribution in [3.8, 4) is 6.07 Å². The lowest BCUT2D eigenvalue weighted by Gasteiger charge is -2.46. The van der Waals surface area contributed by atoms with Gasteiger partial charge in [0.1, 0.15) is 62.4 Å². The Kier molecular flexibility index (Phi) is 29.2. The Bertz CT molecular complexity index is 6550. The van der Waals surface area contributed by atoms with Crippen LogP contribution in [0.1, 0.15) is 247 Å². The predicted octanol–water partition coefficient (Wildman–Crippen LogP) is 12.2. The Morgan fingerprint density at radius 3 is 0.887 bits per heavy atom. The Morgan fingerprint density at radius 1 is 0.352 bits per heavy atom. The van der Waals surface area contributed by atoms with Crippen LogP contribution in [0.25, 0.3) is 0 Å². The molecule has 0 bridgehead atoms. The summed E-state index contributed by atoms with van der Waals surface area (Å²) in [5.41, 5.74) is -0.515. The Labute approximate surface area is 809 Å². The molecule has 4 aliphatic carbocycles. The largest absolute Gasteiger partial charge is 0.357 e. The van der Waals surface area contributed by atoms with E-state index in [1.54, 1.807) is 88.4 Å². The van der Waals surface area contributed by atoms with Crippen molar-refractivity contribution in [3.05, 3.63) is 207 Å². The molecule has 752 valence electrons. The summed E-state index contributed by atoms with van der Waals surface area (Å²) in [7, 11) is 3.75. The zero-order valence-electron chi connectivity index (χ0n) is 79.0. The summed E-state index contributed by atoms with van der Waals surface area (Å²) < 4.78 is 157. The van der Waals surface area contributed by atoms with Gasteiger partial charge in [-0.05, 0) is 194 Å². The van der Waals surface area contributed by atoms with Gasteiger partial charge in [-0.1, -0.05) is 36.7 Å². The van der Waals surface area contributed by atoms with Gasteiger partial charge in [-0.2, -0.15) is 5.26 Å². The number of nitrogens with zero attached hydrogens (tertiary/aromatic N) is 5. The third-order valence-electron chi connectivity index (χ3n) is 27.0. The van der Waals surface area contributed by atoms with E-state index in [9.17, 15) is 130 Å². The number of carbonyl (C=O) groups is 16. The van der Waals surface area contributed by atoms with Gasteiger partial charge in [-0.25, -0.2) is 48.3 Å². The number of nitrogens with one attached hydrogen (secondary N) is 11. The highest BCUT2D eigenvalue weighted by Gasteiger charge is 2.66. The number of hydrogen-bond acceptors (Lipinski definition) is 17. The normalized spacial score (nSPS) is 17.1. The molecule has 8 aliphatic rings. The molecule has 0 atom stereocenters. The van der Waals surface area contributed by atoms with E-state index >= 15 is 0 Å². The van der Waals surface area contributed by atoms with Crippen molar-refractivity contribution < 1.29 is 125 Å². The van der Waals surface area contributed by atoms with E-state index in [1.807, 2.05) is 6.92 Å². The summed E-state index contributed by atoms with van der Waals surface area (Å²) in [6.07, 6.45) is -2.95. The monoisotopic (exact) mass is 2000 g/mol. The number of likely N-dealkylation sites (N-methyl/N-ethyl adjacent to an activating group) is 3. The Morgan fingerprint density at radius 2 is 0.613 bits per heavy atom. The van der Waals surface area contributed by atoms with Crippen molar-refractivity contribution in [2.75, 3.05) is 42.4 Å². The lowest BCUT2D eigenvalue weighted by molar-refractivity contribution is -0.164. The zero-order valence-corrected chi connectivity index (χ0v) is 79.8. The van der Waals surface area contributed by atoms with Gasteiger partial charge in [0.25, 0.3) is 94.1 Å². The number of alkyl halides is 8. The first-order chi connectivity index (χ1) is 66.5. The number of aryl methyl sites for hydroxylation is 3. The van der Waals surface area contributed by atoms with Gasteiger partial charge in [-0.15, -0.1) is 0 Å². The number of hydrogen-bond donors (Lipinski definition) is 11. The second kappa shape index (κ2) is 39.5. The van der Waals surface area contributed by atoms with Gasteiger partial charge in [0, 0.05) is 161 Å². The number of nitriles is 1. The van der Waals surface area contributed by atoms with Crippen LogP contribution in [-0.4, -0.2) is 179 Å². The minimum Gasteiger partial charge on any atom is -0.357 e. The topological polar surface area (TPSA) is 449 Å². The van der Waals surface area contributed by atoms with Crippen LogP contribution in [0.5, 0.6) is 0 Å². The van der Waals surface area contributed by atoms with Gasteiger partial charge in [0.15, 0.2) is 5.78 Å². The predicted molar refractivity (Wildman–Crippen MR) is 491 cm³/mol. The molecule has 4 aromatic heterocycles. The number of amides is 11. The molecule has 32 nitrogen and oxygen atoms in total. The number of carbonyl (C=O) groups excluding carboxylic acids is 16. The fraction of sp³-hybridized carbons (Fsp3) is 0.418. The molecule has 0 spiro atoms. The molecule has 4 saturated carbocycles. The first kappa shape index (κ1) is 105. The van der Waals surface area contributed by atoms with E-state index in [4.69, 9.17) is 11.6 Å². The third kappa shape index (κ3) is 20.2. The molecule has 0 unspecified atom stereocenters. The second-order valence-corrected chi connectivity index (χ2v) is 37.4. The van der Waals surface area contributed by atoms with Crippen molar-refractivity contribution in [3.63, 3.8) is 0 Å². The molecule has 4 fully saturated rings. The number of aromatic nitrogens is 4. The molecule has 142 heavy (non-hydrogen) atoms. The molecule has 8 aromatic rings. The summed E-state index contributed by atoms with van der Waals surface area (Å²) >= 11 is 6.15. The number of halogens is 12. The molecular weight excluding hydrogens is 1900 g/mol. The highest BCUT2D eigenvalue weighted by Crippen LogP contribution is 2.51. The minimum absolute atomic E-state index is 0.0124. The number of fused-ring (bicyclic) bond motifs is 4. The second-order valence-electron chi connectivity index (χ2n) is 37.0. The summed E-state index contributed by atoms with van der Waals surface area (Å²) in [6.45, 7) is 15.8. The van der Waals surface area contributed by atoms with E-state index in [2.05, 4.69) is 64.6 Å². The van der Waals surface area contributed by atoms with Crippen molar-refractivity contribution in [1.82, 2.24) is 55.5 Å². The molecule has 44 heteroatoms. The van der Waals surface area contributed by atoms with Crippen LogP contribution in [0.15, 0.2) is 66.7 Å². The summed E-state index contributed by atoms with van der Waals surface area (Å²) in [6, 6.07) is 18.2. The molecule has 11 N–H and O–H groups in total. The lowest BCUT2D eigenvalue weighted by atomic mass is 9.69. The molecule has 16 rings (SSSR count). The minimum atomic E-state index is -3.16. The van der Waals surface area contributed by atoms with Gasteiger partial charge < -0.3 is 76.8 Å². The number of anilines is 4. The Balaban J connectivity index is 0.000000159. The first-order valence-electron chi connectivity index (χ1n) is 45.3. The SMILES string of the molecule is CCC(=O)C1(NC(=O)C(=O)c2c(C)c(C(=O)Nc3ccc(C)c(Cl)c3)n3c2CCC3)CC(F)(F)C1.CNC(=O)C1(NC(=O)C(=O)c2c(C)c(C(=O)Nc3cc(F)c(C)c(F)c3)n3c2CCC3)CC(F)(F)C1.CNC(=O)C1(NC(=O)C(=O)c2c(C)c(C(=O)Nc3ccc(C)c(C#N)c3)n3c2CCC3)CC(F)(F)C1.CNC(=O)C1(NC(=O)C(=O)c2c(C)c(C(=O)Nc3ccc(C)c(F)c3)n3c2CCC3)CC(F)(F)C1. The van der Waals surface area contributed by atoms with Crippen molar-refractivity contribution in [2.45, 2.75) is 243 Å². The highest BCUT2D eigenvalue weighted by molar-refractivity contribution is 6.46. The average molecular weight is 2000 g/mol. The molecule has 8 heterocycles. The van der Waals surface area contributed by atoms with Crippen molar-refractivity contribution in [2.24, 2.45) is 0 Å². The van der Waals surface area contributed by atoms with Crippen LogP contribution < -0.4 is 58.5 Å². The maximum atomic E-state index is 13.9. The van der Waals surface area contributed by atoms with Crippen molar-refractivity contribution in [1.29, 1.82) is 5.26 Å².